The van der Waals surface area contributed by atoms with E-state index in [1.807, 2.05) is 18.5 Å². The van der Waals surface area contributed by atoms with E-state index in [1.54, 1.807) is 0 Å². The Balaban J connectivity index is 1.99. The molecule has 1 fully saturated rings. The van der Waals surface area contributed by atoms with Crippen molar-refractivity contribution in [3.8, 4) is 0 Å². The summed E-state index contributed by atoms with van der Waals surface area (Å²) in [5.74, 6) is 1.48. The molecule has 0 aliphatic heterocycles. The van der Waals surface area contributed by atoms with Gasteiger partial charge in [0.2, 0.25) is 0 Å². The third-order valence-corrected chi connectivity index (χ3v) is 4.24. The Hall–Kier alpha value is -0.930. The number of pyridine rings is 1. The fourth-order valence-electron chi connectivity index (χ4n) is 3.13. The van der Waals surface area contributed by atoms with Crippen LogP contribution in [0.25, 0.3) is 0 Å². The fraction of sp³-hybridized carbons (Fsp3) is 0.667. The normalized spacial score (nSPS) is 28.6. The van der Waals surface area contributed by atoms with Crippen LogP contribution in [-0.2, 0) is 6.54 Å². The molecule has 0 saturated heterocycles. The van der Waals surface area contributed by atoms with Crippen LogP contribution in [0.5, 0.6) is 0 Å². The number of hydrogen-bond acceptors (Lipinski definition) is 3. The van der Waals surface area contributed by atoms with Crippen LogP contribution in [0.3, 0.4) is 0 Å². The first-order chi connectivity index (χ1) is 8.70. The third-order valence-electron chi connectivity index (χ3n) is 4.24. The van der Waals surface area contributed by atoms with Crippen LogP contribution >= 0.6 is 0 Å². The zero-order valence-corrected chi connectivity index (χ0v) is 11.5. The van der Waals surface area contributed by atoms with Crippen molar-refractivity contribution >= 4 is 0 Å². The van der Waals surface area contributed by atoms with Gasteiger partial charge in [-0.1, -0.05) is 19.4 Å². The Bertz CT molecular complexity index is 352. The summed E-state index contributed by atoms with van der Waals surface area (Å²) in [6.07, 6.45) is 7.67. The summed E-state index contributed by atoms with van der Waals surface area (Å²) in [6.45, 7) is 4.15. The van der Waals surface area contributed by atoms with E-state index in [0.29, 0.717) is 12.0 Å². The molecule has 1 aromatic heterocycles. The summed E-state index contributed by atoms with van der Waals surface area (Å²) >= 11 is 0. The van der Waals surface area contributed by atoms with Gasteiger partial charge in [-0.25, -0.2) is 0 Å². The molecule has 3 heteroatoms. The van der Waals surface area contributed by atoms with E-state index in [-0.39, 0.29) is 0 Å². The van der Waals surface area contributed by atoms with Crippen LogP contribution in [0.2, 0.25) is 0 Å². The Morgan fingerprint density at radius 1 is 1.44 bits per heavy atom. The third kappa shape index (κ3) is 3.30. The molecule has 18 heavy (non-hydrogen) atoms. The molecule has 2 N–H and O–H groups in total. The maximum absolute atomic E-state index is 5.93. The van der Waals surface area contributed by atoms with Gasteiger partial charge in [0.25, 0.3) is 0 Å². The van der Waals surface area contributed by atoms with Gasteiger partial charge in [0.15, 0.2) is 0 Å². The Labute approximate surface area is 110 Å². The first kappa shape index (κ1) is 13.5. The largest absolute Gasteiger partial charge is 0.330 e. The summed E-state index contributed by atoms with van der Waals surface area (Å²) < 4.78 is 0. The lowest BCUT2D eigenvalue weighted by Crippen LogP contribution is -2.44. The SMILES string of the molecule is CC1CCC(CN)C(N(C)Cc2cccnc2)C1. The van der Waals surface area contributed by atoms with Crippen molar-refractivity contribution in [2.45, 2.75) is 38.8 Å². The number of rotatable bonds is 4. The van der Waals surface area contributed by atoms with Crippen LogP contribution in [0, 0.1) is 11.8 Å². The number of nitrogens with zero attached hydrogens (tertiary/aromatic N) is 2. The van der Waals surface area contributed by atoms with Gasteiger partial charge < -0.3 is 5.73 Å². The average molecular weight is 247 g/mol. The minimum absolute atomic E-state index is 0.624. The summed E-state index contributed by atoms with van der Waals surface area (Å²) in [6, 6.07) is 4.78. The van der Waals surface area contributed by atoms with Crippen LogP contribution in [-0.4, -0.2) is 29.5 Å². The number of hydrogen-bond donors (Lipinski definition) is 1. The molecule has 2 rings (SSSR count). The van der Waals surface area contributed by atoms with Crippen molar-refractivity contribution in [2.75, 3.05) is 13.6 Å². The van der Waals surface area contributed by atoms with E-state index in [0.717, 1.165) is 19.0 Å². The van der Waals surface area contributed by atoms with Crippen LogP contribution in [0.1, 0.15) is 31.7 Å². The van der Waals surface area contributed by atoms with E-state index >= 15 is 0 Å². The van der Waals surface area contributed by atoms with Crippen LogP contribution in [0.4, 0.5) is 0 Å². The topological polar surface area (TPSA) is 42.1 Å². The summed E-state index contributed by atoms with van der Waals surface area (Å²) in [5.41, 5.74) is 7.22. The lowest BCUT2D eigenvalue weighted by molar-refractivity contribution is 0.103. The Morgan fingerprint density at radius 2 is 2.28 bits per heavy atom. The molecule has 3 nitrogen and oxygen atoms in total. The molecule has 1 saturated carbocycles. The lowest BCUT2D eigenvalue weighted by Gasteiger charge is -2.40. The summed E-state index contributed by atoms with van der Waals surface area (Å²) in [7, 11) is 2.22. The Kier molecular flexibility index (Phi) is 4.72. The quantitative estimate of drug-likeness (QED) is 0.887. The van der Waals surface area contributed by atoms with E-state index in [4.69, 9.17) is 5.73 Å². The van der Waals surface area contributed by atoms with E-state index < -0.39 is 0 Å². The molecule has 100 valence electrons. The molecule has 3 unspecified atom stereocenters. The second kappa shape index (κ2) is 6.30. The van der Waals surface area contributed by atoms with Gasteiger partial charge in [-0.3, -0.25) is 9.88 Å². The molecule has 1 aliphatic carbocycles. The predicted octanol–water partition coefficient (Wildman–Crippen LogP) is 2.28. The predicted molar refractivity (Wildman–Crippen MR) is 75.1 cm³/mol. The van der Waals surface area contributed by atoms with Crippen molar-refractivity contribution in [2.24, 2.45) is 17.6 Å². The summed E-state index contributed by atoms with van der Waals surface area (Å²) in [5, 5.41) is 0. The van der Waals surface area contributed by atoms with Crippen molar-refractivity contribution in [1.29, 1.82) is 0 Å². The molecule has 0 spiro atoms. The highest BCUT2D eigenvalue weighted by Gasteiger charge is 2.30. The molecule has 0 bridgehead atoms. The first-order valence-electron chi connectivity index (χ1n) is 7.00. The first-order valence-corrected chi connectivity index (χ1v) is 7.00. The van der Waals surface area contributed by atoms with Crippen molar-refractivity contribution in [3.05, 3.63) is 30.1 Å². The molecule has 0 amide bonds. The monoisotopic (exact) mass is 247 g/mol. The second-order valence-electron chi connectivity index (χ2n) is 5.76. The lowest BCUT2D eigenvalue weighted by atomic mass is 9.78. The van der Waals surface area contributed by atoms with E-state index in [2.05, 4.69) is 29.9 Å². The van der Waals surface area contributed by atoms with Gasteiger partial charge in [0.1, 0.15) is 0 Å². The van der Waals surface area contributed by atoms with E-state index in [9.17, 15) is 0 Å². The molecule has 1 heterocycles. The average Bonchev–Trinajstić information content (AvgIpc) is 2.40. The van der Waals surface area contributed by atoms with Gasteiger partial charge in [0.05, 0.1) is 0 Å². The highest BCUT2D eigenvalue weighted by atomic mass is 15.1. The molecule has 1 aliphatic rings. The van der Waals surface area contributed by atoms with E-state index in [1.165, 1.54) is 24.8 Å². The molecular weight excluding hydrogens is 222 g/mol. The maximum Gasteiger partial charge on any atom is 0.0312 e. The second-order valence-corrected chi connectivity index (χ2v) is 5.76. The van der Waals surface area contributed by atoms with Gasteiger partial charge in [-0.05, 0) is 49.9 Å². The standard InChI is InChI=1S/C15H25N3/c1-12-5-6-14(9-16)15(8-12)18(2)11-13-4-3-7-17-10-13/h3-4,7,10,12,14-15H,5-6,8-9,11,16H2,1-2H3. The molecular formula is C15H25N3. The van der Waals surface area contributed by atoms with Crippen LogP contribution < -0.4 is 5.73 Å². The smallest absolute Gasteiger partial charge is 0.0312 e. The number of nitrogens with two attached hydrogens (primary N) is 1. The minimum Gasteiger partial charge on any atom is -0.330 e. The van der Waals surface area contributed by atoms with Gasteiger partial charge >= 0.3 is 0 Å². The Morgan fingerprint density at radius 3 is 2.94 bits per heavy atom. The van der Waals surface area contributed by atoms with Gasteiger partial charge in [-0.15, -0.1) is 0 Å². The fourth-order valence-corrected chi connectivity index (χ4v) is 3.13. The van der Waals surface area contributed by atoms with Crippen LogP contribution in [0.15, 0.2) is 24.5 Å². The van der Waals surface area contributed by atoms with Gasteiger partial charge in [-0.2, -0.15) is 0 Å². The zero-order valence-electron chi connectivity index (χ0n) is 11.5. The van der Waals surface area contributed by atoms with Crippen molar-refractivity contribution in [1.82, 2.24) is 9.88 Å². The number of aromatic nitrogens is 1. The van der Waals surface area contributed by atoms with Crippen molar-refractivity contribution in [3.63, 3.8) is 0 Å². The summed E-state index contributed by atoms with van der Waals surface area (Å²) in [4.78, 5) is 6.65. The maximum atomic E-state index is 5.93. The highest BCUT2D eigenvalue weighted by molar-refractivity contribution is 5.08. The molecule has 1 aromatic rings. The zero-order chi connectivity index (χ0) is 13.0. The molecule has 0 radical (unpaired) electrons. The molecule has 0 aromatic carbocycles. The minimum atomic E-state index is 0.624. The highest BCUT2D eigenvalue weighted by Crippen LogP contribution is 2.31. The van der Waals surface area contributed by atoms with Gasteiger partial charge in [0, 0.05) is 25.0 Å². The molecule has 3 atom stereocenters. The van der Waals surface area contributed by atoms with Crippen molar-refractivity contribution < 1.29 is 0 Å².